The van der Waals surface area contributed by atoms with E-state index in [0.717, 1.165) is 56.4 Å². The second kappa shape index (κ2) is 7.65. The minimum absolute atomic E-state index is 0.340. The average Bonchev–Trinajstić information content (AvgIpc) is 3.05. The molecule has 1 aromatic heterocycles. The van der Waals surface area contributed by atoms with E-state index in [0.29, 0.717) is 18.4 Å². The number of aromatic nitrogens is 1. The van der Waals surface area contributed by atoms with E-state index in [2.05, 4.69) is 36.9 Å². The molecule has 2 aliphatic rings. The Morgan fingerprint density at radius 3 is 2.81 bits per heavy atom. The molecule has 26 heavy (non-hydrogen) atoms. The molecule has 0 saturated carbocycles. The smallest absolute Gasteiger partial charge is 0.277 e. The van der Waals surface area contributed by atoms with Crippen molar-refractivity contribution in [1.82, 2.24) is 9.88 Å². The van der Waals surface area contributed by atoms with E-state index in [4.69, 9.17) is 4.98 Å². The Bertz CT molecular complexity index is 730. The molecule has 140 valence electrons. The minimum Gasteiger partial charge on any atom is -0.337 e. The lowest BCUT2D eigenvalue weighted by molar-refractivity contribution is -0.904. The summed E-state index contributed by atoms with van der Waals surface area (Å²) in [6, 6.07) is 8.35. The summed E-state index contributed by atoms with van der Waals surface area (Å²) < 4.78 is 1.26. The number of quaternary nitrogens is 1. The monoisotopic (exact) mass is 372 g/mol. The molecule has 1 unspecified atom stereocenters. The number of piperidine rings is 2. The van der Waals surface area contributed by atoms with Crippen molar-refractivity contribution in [2.24, 2.45) is 11.8 Å². The summed E-state index contributed by atoms with van der Waals surface area (Å²) in [4.78, 5) is 21.3. The summed E-state index contributed by atoms with van der Waals surface area (Å²) in [5.41, 5.74) is 1.09. The van der Waals surface area contributed by atoms with Gasteiger partial charge in [-0.05, 0) is 31.4 Å². The van der Waals surface area contributed by atoms with Crippen molar-refractivity contribution in [3.63, 3.8) is 0 Å². The van der Waals surface area contributed by atoms with Gasteiger partial charge in [-0.15, -0.1) is 11.3 Å². The van der Waals surface area contributed by atoms with Crippen LogP contribution >= 0.6 is 11.3 Å². The van der Waals surface area contributed by atoms with E-state index in [1.807, 2.05) is 6.07 Å². The van der Waals surface area contributed by atoms with Gasteiger partial charge < -0.3 is 9.80 Å². The van der Waals surface area contributed by atoms with Gasteiger partial charge in [-0.1, -0.05) is 26.0 Å². The van der Waals surface area contributed by atoms with E-state index in [1.165, 1.54) is 21.0 Å². The third-order valence-electron chi connectivity index (χ3n) is 5.91. The van der Waals surface area contributed by atoms with Crippen molar-refractivity contribution in [3.05, 3.63) is 29.3 Å². The fraction of sp³-hybridized carbons (Fsp3) is 0.619. The normalized spacial score (nSPS) is 29.8. The summed E-state index contributed by atoms with van der Waals surface area (Å²) in [5.74, 6) is 2.21. The molecule has 4 atom stereocenters. The Balaban J connectivity index is 1.40. The molecule has 0 aliphatic carbocycles. The number of para-hydroxylation sites is 1. The maximum atomic E-state index is 12.9. The number of nitrogens with zero attached hydrogens (tertiary/aromatic N) is 2. The van der Waals surface area contributed by atoms with E-state index in [-0.39, 0.29) is 0 Å². The molecule has 1 aromatic carbocycles. The average molecular weight is 373 g/mol. The summed E-state index contributed by atoms with van der Waals surface area (Å²) in [6.07, 6.45) is 3.55. The highest BCUT2D eigenvalue weighted by molar-refractivity contribution is 7.18. The van der Waals surface area contributed by atoms with Crippen LogP contribution in [0.3, 0.4) is 0 Å². The second-order valence-electron chi connectivity index (χ2n) is 8.48. The SMILES string of the molecule is C[C@@H]1C[C@H](C)C[NH+](CC(=O)N2CCC[C@H](c3nc4ccccc4s3)C2)C1. The van der Waals surface area contributed by atoms with Crippen LogP contribution < -0.4 is 4.90 Å². The highest BCUT2D eigenvalue weighted by Crippen LogP contribution is 2.32. The first-order valence-corrected chi connectivity index (χ1v) is 10.9. The van der Waals surface area contributed by atoms with Crippen molar-refractivity contribution in [3.8, 4) is 0 Å². The van der Waals surface area contributed by atoms with Crippen molar-refractivity contribution in [2.45, 2.75) is 39.0 Å². The van der Waals surface area contributed by atoms with Gasteiger partial charge in [0.15, 0.2) is 6.54 Å². The van der Waals surface area contributed by atoms with E-state index < -0.39 is 0 Å². The van der Waals surface area contributed by atoms with Crippen LogP contribution in [0.4, 0.5) is 0 Å². The topological polar surface area (TPSA) is 37.6 Å². The fourth-order valence-corrected chi connectivity index (χ4v) is 5.96. The summed E-state index contributed by atoms with van der Waals surface area (Å²) in [6.45, 7) is 9.36. The van der Waals surface area contributed by atoms with E-state index in [9.17, 15) is 4.79 Å². The van der Waals surface area contributed by atoms with Gasteiger partial charge in [0, 0.05) is 30.8 Å². The summed E-state index contributed by atoms with van der Waals surface area (Å²) >= 11 is 1.80. The fourth-order valence-electron chi connectivity index (χ4n) is 4.86. The summed E-state index contributed by atoms with van der Waals surface area (Å²) in [7, 11) is 0. The van der Waals surface area contributed by atoms with Crippen LogP contribution in [0.5, 0.6) is 0 Å². The molecule has 2 aliphatic heterocycles. The van der Waals surface area contributed by atoms with Crippen molar-refractivity contribution in [2.75, 3.05) is 32.7 Å². The van der Waals surface area contributed by atoms with Gasteiger partial charge in [-0.25, -0.2) is 4.98 Å². The van der Waals surface area contributed by atoms with Crippen LogP contribution in [0.1, 0.15) is 44.0 Å². The third kappa shape index (κ3) is 3.94. The van der Waals surface area contributed by atoms with E-state index in [1.54, 1.807) is 11.3 Å². The van der Waals surface area contributed by atoms with Gasteiger partial charge in [0.1, 0.15) is 0 Å². The van der Waals surface area contributed by atoms with Gasteiger partial charge in [-0.3, -0.25) is 4.79 Å². The van der Waals surface area contributed by atoms with Crippen LogP contribution in [0.2, 0.25) is 0 Å². The molecule has 4 nitrogen and oxygen atoms in total. The van der Waals surface area contributed by atoms with Gasteiger partial charge >= 0.3 is 0 Å². The molecule has 2 fully saturated rings. The maximum absolute atomic E-state index is 12.9. The molecule has 1 N–H and O–H groups in total. The molecule has 5 heteroatoms. The number of thiazole rings is 1. The molecule has 0 spiro atoms. The Morgan fingerprint density at radius 1 is 1.27 bits per heavy atom. The van der Waals surface area contributed by atoms with Crippen LogP contribution in [0.15, 0.2) is 24.3 Å². The first-order chi connectivity index (χ1) is 12.6. The number of fused-ring (bicyclic) bond motifs is 1. The van der Waals surface area contributed by atoms with Crippen LogP contribution in [-0.2, 0) is 4.79 Å². The Kier molecular flexibility index (Phi) is 5.28. The summed E-state index contributed by atoms with van der Waals surface area (Å²) in [5, 5.41) is 1.20. The van der Waals surface area contributed by atoms with Crippen LogP contribution in [-0.4, -0.2) is 48.5 Å². The quantitative estimate of drug-likeness (QED) is 0.899. The van der Waals surface area contributed by atoms with Crippen LogP contribution in [0.25, 0.3) is 10.2 Å². The third-order valence-corrected chi connectivity index (χ3v) is 7.11. The molecule has 3 heterocycles. The largest absolute Gasteiger partial charge is 0.337 e. The second-order valence-corrected chi connectivity index (χ2v) is 9.54. The zero-order valence-electron chi connectivity index (χ0n) is 15.9. The number of benzene rings is 1. The highest BCUT2D eigenvalue weighted by Gasteiger charge is 2.31. The minimum atomic E-state index is 0.340. The van der Waals surface area contributed by atoms with Crippen molar-refractivity contribution in [1.29, 1.82) is 0 Å². The Morgan fingerprint density at radius 2 is 2.04 bits per heavy atom. The molecular weight excluding hydrogens is 342 g/mol. The predicted octanol–water partition coefficient (Wildman–Crippen LogP) is 2.56. The van der Waals surface area contributed by atoms with Gasteiger partial charge in [0.25, 0.3) is 5.91 Å². The Labute approximate surface area is 160 Å². The molecule has 1 amide bonds. The zero-order valence-corrected chi connectivity index (χ0v) is 16.7. The molecule has 0 bridgehead atoms. The van der Waals surface area contributed by atoms with Crippen LogP contribution in [0, 0.1) is 11.8 Å². The number of carbonyl (C=O) groups excluding carboxylic acids is 1. The molecule has 4 rings (SSSR count). The van der Waals surface area contributed by atoms with Crippen molar-refractivity contribution < 1.29 is 9.69 Å². The molecule has 2 aromatic rings. The standard InChI is InChI=1S/C21H29N3OS/c1-15-10-16(2)12-23(11-15)14-20(25)24-9-5-6-17(13-24)21-22-18-7-3-4-8-19(18)26-21/h3-4,7-8,15-17H,5-6,9-14H2,1-2H3/p+1/t15-,16+,17-/m0/s1. The molecule has 0 radical (unpaired) electrons. The predicted molar refractivity (Wildman–Crippen MR) is 107 cm³/mol. The number of hydrogen-bond donors (Lipinski definition) is 1. The van der Waals surface area contributed by atoms with Gasteiger partial charge in [-0.2, -0.15) is 0 Å². The number of amides is 1. The highest BCUT2D eigenvalue weighted by atomic mass is 32.1. The number of likely N-dealkylation sites (tertiary alicyclic amines) is 2. The molecular formula is C21H30N3OS+. The van der Waals surface area contributed by atoms with Gasteiger partial charge in [0.2, 0.25) is 0 Å². The van der Waals surface area contributed by atoms with Gasteiger partial charge in [0.05, 0.1) is 28.3 Å². The van der Waals surface area contributed by atoms with Crippen molar-refractivity contribution >= 4 is 27.5 Å². The lowest BCUT2D eigenvalue weighted by Crippen LogP contribution is -3.15. The number of rotatable bonds is 3. The first kappa shape index (κ1) is 17.9. The number of hydrogen-bond acceptors (Lipinski definition) is 3. The Hall–Kier alpha value is -1.46. The number of nitrogens with one attached hydrogen (secondary N) is 1. The van der Waals surface area contributed by atoms with E-state index >= 15 is 0 Å². The lowest BCUT2D eigenvalue weighted by Gasteiger charge is -2.35. The molecule has 2 saturated heterocycles. The zero-order chi connectivity index (χ0) is 18.1. The first-order valence-electron chi connectivity index (χ1n) is 10.1. The number of carbonyl (C=O) groups is 1. The lowest BCUT2D eigenvalue weighted by atomic mass is 9.92. The maximum Gasteiger partial charge on any atom is 0.277 e.